The zero-order valence-electron chi connectivity index (χ0n) is 21.3. The van der Waals surface area contributed by atoms with Crippen molar-refractivity contribution in [2.45, 2.75) is 6.61 Å². The van der Waals surface area contributed by atoms with Gasteiger partial charge in [-0.2, -0.15) is 15.0 Å². The number of furan rings is 1. The number of aromatic nitrogens is 2. The molecular formula is C31H19N5O5. The van der Waals surface area contributed by atoms with E-state index in [-0.39, 0.29) is 29.4 Å². The molecule has 10 nitrogen and oxygen atoms in total. The molecule has 0 radical (unpaired) electrons. The van der Waals surface area contributed by atoms with Crippen LogP contribution in [-0.2, 0) is 6.61 Å². The van der Waals surface area contributed by atoms with Gasteiger partial charge in [0.2, 0.25) is 5.82 Å². The summed E-state index contributed by atoms with van der Waals surface area (Å²) in [5.74, 6) is 0.769. The van der Waals surface area contributed by atoms with Gasteiger partial charge in [-0.25, -0.2) is 4.98 Å². The topological polar surface area (TPSA) is 137 Å². The zero-order valence-corrected chi connectivity index (χ0v) is 21.3. The number of benzene rings is 4. The fraction of sp³-hybridized carbons (Fsp3) is 0.0323. The van der Waals surface area contributed by atoms with Crippen LogP contribution in [0.3, 0.4) is 0 Å². The molecule has 0 fully saturated rings. The van der Waals surface area contributed by atoms with Gasteiger partial charge in [0.25, 0.3) is 11.2 Å². The molecule has 0 aliphatic rings. The van der Waals surface area contributed by atoms with Gasteiger partial charge in [0.1, 0.15) is 17.9 Å². The van der Waals surface area contributed by atoms with E-state index in [1.807, 2.05) is 24.3 Å². The minimum Gasteiger partial charge on any atom is -0.488 e. The van der Waals surface area contributed by atoms with Crippen molar-refractivity contribution in [2.24, 2.45) is 5.10 Å². The van der Waals surface area contributed by atoms with Crippen LogP contribution in [0, 0.1) is 21.4 Å². The summed E-state index contributed by atoms with van der Waals surface area (Å²) in [5.41, 5.74) is 1.81. The largest absolute Gasteiger partial charge is 0.488 e. The van der Waals surface area contributed by atoms with Crippen molar-refractivity contribution in [1.82, 2.24) is 9.66 Å². The van der Waals surface area contributed by atoms with Crippen LogP contribution >= 0.6 is 0 Å². The van der Waals surface area contributed by atoms with E-state index in [2.05, 4.69) is 16.2 Å². The number of nitro benzene ring substituents is 1. The van der Waals surface area contributed by atoms with Crippen LogP contribution in [0.4, 0.5) is 5.69 Å². The third-order valence-electron chi connectivity index (χ3n) is 6.44. The van der Waals surface area contributed by atoms with E-state index in [0.29, 0.717) is 33.4 Å². The molecule has 0 N–H and O–H groups in total. The van der Waals surface area contributed by atoms with Crippen molar-refractivity contribution < 1.29 is 14.1 Å². The predicted molar refractivity (Wildman–Crippen MR) is 153 cm³/mol. The Labute approximate surface area is 232 Å². The maximum atomic E-state index is 13.6. The Morgan fingerprint density at radius 2 is 1.80 bits per heavy atom. The molecule has 0 aliphatic carbocycles. The van der Waals surface area contributed by atoms with E-state index in [1.54, 1.807) is 54.6 Å². The Balaban J connectivity index is 1.46. The number of nitriles is 1. The van der Waals surface area contributed by atoms with Crippen LogP contribution in [0.2, 0.25) is 0 Å². The molecule has 2 heterocycles. The first-order valence-electron chi connectivity index (χ1n) is 12.5. The van der Waals surface area contributed by atoms with E-state index in [0.717, 1.165) is 10.1 Å². The van der Waals surface area contributed by atoms with Gasteiger partial charge in [0.15, 0.2) is 5.76 Å². The third-order valence-corrected chi connectivity index (χ3v) is 6.44. The van der Waals surface area contributed by atoms with Crippen molar-refractivity contribution in [3.05, 3.63) is 134 Å². The smallest absolute Gasteiger partial charge is 0.282 e. The second-order valence-corrected chi connectivity index (χ2v) is 9.00. The van der Waals surface area contributed by atoms with Gasteiger partial charge >= 0.3 is 0 Å². The maximum Gasteiger partial charge on any atom is 0.282 e. The van der Waals surface area contributed by atoms with Crippen molar-refractivity contribution in [3.63, 3.8) is 0 Å². The minimum absolute atomic E-state index is 0.0457. The summed E-state index contributed by atoms with van der Waals surface area (Å²) < 4.78 is 13.1. The first kappa shape index (κ1) is 25.2. The van der Waals surface area contributed by atoms with Crippen molar-refractivity contribution in [3.8, 4) is 23.4 Å². The van der Waals surface area contributed by atoms with Gasteiger partial charge in [-0.15, -0.1) is 0 Å². The number of rotatable bonds is 7. The Morgan fingerprint density at radius 1 is 1.02 bits per heavy atom. The van der Waals surface area contributed by atoms with Crippen molar-refractivity contribution in [1.29, 1.82) is 5.26 Å². The molecule has 2 aromatic heterocycles. The van der Waals surface area contributed by atoms with E-state index < -0.39 is 10.5 Å². The quantitative estimate of drug-likeness (QED) is 0.136. The summed E-state index contributed by atoms with van der Waals surface area (Å²) in [6.07, 6.45) is 1.31. The number of non-ortho nitro benzene ring substituents is 1. The molecule has 6 rings (SSSR count). The predicted octanol–water partition coefficient (Wildman–Crippen LogP) is 6.05. The number of ether oxygens (including phenoxy) is 1. The van der Waals surface area contributed by atoms with Crippen molar-refractivity contribution in [2.75, 3.05) is 0 Å². The monoisotopic (exact) mass is 541 g/mol. The fourth-order valence-corrected chi connectivity index (χ4v) is 4.39. The highest BCUT2D eigenvalue weighted by atomic mass is 16.6. The van der Waals surface area contributed by atoms with E-state index in [4.69, 9.17) is 9.15 Å². The highest BCUT2D eigenvalue weighted by Gasteiger charge is 2.17. The summed E-state index contributed by atoms with van der Waals surface area (Å²) in [5, 5.41) is 26.5. The van der Waals surface area contributed by atoms with E-state index in [9.17, 15) is 20.2 Å². The molecule has 0 aliphatic heterocycles. The van der Waals surface area contributed by atoms with E-state index in [1.165, 1.54) is 24.4 Å². The minimum atomic E-state index is -0.532. The fourth-order valence-electron chi connectivity index (χ4n) is 4.39. The van der Waals surface area contributed by atoms with Crippen LogP contribution in [-0.4, -0.2) is 20.8 Å². The molecule has 198 valence electrons. The second-order valence-electron chi connectivity index (χ2n) is 9.00. The van der Waals surface area contributed by atoms with Crippen LogP contribution in [0.15, 0.2) is 111 Å². The summed E-state index contributed by atoms with van der Waals surface area (Å²) in [7, 11) is 0. The van der Waals surface area contributed by atoms with Gasteiger partial charge in [0, 0.05) is 28.6 Å². The average Bonchev–Trinajstić information content (AvgIpc) is 3.44. The number of hydrogen-bond acceptors (Lipinski definition) is 8. The molecule has 0 amide bonds. The van der Waals surface area contributed by atoms with Gasteiger partial charge in [0.05, 0.1) is 33.7 Å². The second kappa shape index (κ2) is 10.6. The molecule has 0 saturated carbocycles. The Bertz CT molecular complexity index is 2050. The van der Waals surface area contributed by atoms with Crippen molar-refractivity contribution >= 4 is 33.8 Å². The highest BCUT2D eigenvalue weighted by Crippen LogP contribution is 2.28. The van der Waals surface area contributed by atoms with Gasteiger partial charge in [-0.3, -0.25) is 14.9 Å². The lowest BCUT2D eigenvalue weighted by Gasteiger charge is -2.11. The lowest BCUT2D eigenvalue weighted by molar-refractivity contribution is -0.384. The van der Waals surface area contributed by atoms with Crippen LogP contribution < -0.4 is 10.3 Å². The first-order valence-corrected chi connectivity index (χ1v) is 12.5. The molecule has 0 atom stereocenters. The standard InChI is InChI=1S/C31H19N5O5/c32-17-21-8-1-2-9-22(21)19-40-27-14-13-24(36(38)39)15-23(27)18-33-35-30(29-16-20-7-3-6-12-28(20)41-29)34-26-11-5-4-10-25(26)31(35)37/h1-16,18H,19H2. The van der Waals surface area contributed by atoms with Crippen LogP contribution in [0.5, 0.6) is 5.75 Å². The molecule has 10 heteroatoms. The Kier molecular flexibility index (Phi) is 6.51. The number of nitro groups is 1. The molecule has 0 saturated heterocycles. The van der Waals surface area contributed by atoms with E-state index >= 15 is 0 Å². The lowest BCUT2D eigenvalue weighted by Crippen LogP contribution is -2.20. The summed E-state index contributed by atoms with van der Waals surface area (Å²) in [6.45, 7) is 0.0457. The molecular weight excluding hydrogens is 522 g/mol. The number of para-hydroxylation sites is 2. The molecule has 0 unspecified atom stereocenters. The summed E-state index contributed by atoms with van der Waals surface area (Å²) >= 11 is 0. The molecule has 6 aromatic rings. The Hall–Kier alpha value is -6.08. The highest BCUT2D eigenvalue weighted by molar-refractivity contribution is 5.86. The first-order chi connectivity index (χ1) is 20.0. The van der Waals surface area contributed by atoms with Gasteiger partial charge in [-0.1, -0.05) is 48.5 Å². The average molecular weight is 542 g/mol. The third kappa shape index (κ3) is 4.91. The SMILES string of the molecule is N#Cc1ccccc1COc1ccc([N+](=O)[O-])cc1C=Nn1c(-c2cc3ccccc3o2)nc2ccccc2c1=O. The molecule has 0 bridgehead atoms. The normalized spacial score (nSPS) is 11.2. The number of hydrogen-bond donors (Lipinski definition) is 0. The summed E-state index contributed by atoms with van der Waals surface area (Å²) in [6, 6.07) is 29.2. The molecule has 4 aromatic carbocycles. The maximum absolute atomic E-state index is 13.6. The van der Waals surface area contributed by atoms with Gasteiger partial charge in [-0.05, 0) is 36.4 Å². The number of fused-ring (bicyclic) bond motifs is 2. The van der Waals surface area contributed by atoms with Crippen LogP contribution in [0.1, 0.15) is 16.7 Å². The Morgan fingerprint density at radius 3 is 2.63 bits per heavy atom. The van der Waals surface area contributed by atoms with Gasteiger partial charge < -0.3 is 9.15 Å². The summed E-state index contributed by atoms with van der Waals surface area (Å²) in [4.78, 5) is 29.3. The molecule has 0 spiro atoms. The zero-order chi connectivity index (χ0) is 28.3. The number of nitrogens with zero attached hydrogens (tertiary/aromatic N) is 5. The lowest BCUT2D eigenvalue weighted by atomic mass is 10.1. The van der Waals surface area contributed by atoms with Crippen LogP contribution in [0.25, 0.3) is 33.5 Å². The molecule has 41 heavy (non-hydrogen) atoms.